The molecule has 0 bridgehead atoms. The van der Waals surface area contributed by atoms with Crippen LogP contribution >= 0.6 is 8.30 Å². The van der Waals surface area contributed by atoms with Crippen LogP contribution in [0.5, 0.6) is 0 Å². The summed E-state index contributed by atoms with van der Waals surface area (Å²) in [4.78, 5) is 0. The molecule has 3 rings (SSSR count). The molecular weight excluding hydrogens is 277 g/mol. The van der Waals surface area contributed by atoms with E-state index in [-0.39, 0.29) is 0 Å². The van der Waals surface area contributed by atoms with E-state index in [9.17, 15) is 0 Å². The lowest BCUT2D eigenvalue weighted by atomic mass is 9.86. The highest BCUT2D eigenvalue weighted by Gasteiger charge is 2.56. The van der Waals surface area contributed by atoms with Gasteiger partial charge in [-0.25, -0.2) is 0 Å². The lowest BCUT2D eigenvalue weighted by molar-refractivity contribution is 0.133. The first kappa shape index (κ1) is 14.8. The first-order valence-electron chi connectivity index (χ1n) is 7.67. The van der Waals surface area contributed by atoms with Gasteiger partial charge >= 0.3 is 0 Å². The molecule has 0 aliphatic carbocycles. The van der Waals surface area contributed by atoms with E-state index in [4.69, 9.17) is 10.9 Å². The van der Waals surface area contributed by atoms with E-state index in [1.807, 2.05) is 24.3 Å². The maximum Gasteiger partial charge on any atom is 0.175 e. The lowest BCUT2D eigenvalue weighted by Gasteiger charge is -2.28. The minimum absolute atomic E-state index is 0.310. The number of hydrogen-bond acceptors (Lipinski definition) is 2. The number of terminal acetylenes is 1. The Balaban J connectivity index is 2.03. The number of rotatable bonds is 4. The van der Waals surface area contributed by atoms with Crippen LogP contribution in [0.1, 0.15) is 31.7 Å². The average Bonchev–Trinajstić information content (AvgIpc) is 3.12. The number of allylic oxidation sites excluding steroid dienone is 1. The van der Waals surface area contributed by atoms with Crippen LogP contribution in [0.3, 0.4) is 0 Å². The predicted molar refractivity (Wildman–Crippen MR) is 89.0 cm³/mol. The number of hydrogen-bond donors (Lipinski definition) is 0. The number of benzene rings is 1. The Morgan fingerprint density at radius 2 is 2.33 bits per heavy atom. The summed E-state index contributed by atoms with van der Waals surface area (Å²) in [5.41, 5.74) is 0.924. The highest BCUT2D eigenvalue weighted by atomic mass is 31.2. The SMILES string of the molecule is C#C[C@]1(c2ccccc2)O[P@](C(C=C)CC)N2CCC[C@H]21. The highest BCUT2D eigenvalue weighted by Crippen LogP contribution is 2.65. The van der Waals surface area contributed by atoms with E-state index in [0.717, 1.165) is 24.9 Å². The number of nitrogens with zero attached hydrogens (tertiary/aromatic N) is 1. The fourth-order valence-electron chi connectivity index (χ4n) is 3.47. The van der Waals surface area contributed by atoms with E-state index >= 15 is 0 Å². The van der Waals surface area contributed by atoms with Crippen molar-refractivity contribution in [1.82, 2.24) is 4.67 Å². The van der Waals surface area contributed by atoms with Crippen molar-refractivity contribution < 1.29 is 4.52 Å². The predicted octanol–water partition coefficient (Wildman–Crippen LogP) is 4.29. The standard InChI is InChI=1S/C18H22NOP/c1-4-16(5-2)21-19-14-10-13-17(19)18(6-3,20-21)15-11-8-7-9-12-15/h3-4,7-9,11-12,16-17H,1,5,10,13-14H2,2H3/t16?,17-,18+,21+/m0/s1. The Morgan fingerprint density at radius 1 is 1.57 bits per heavy atom. The van der Waals surface area contributed by atoms with Gasteiger partial charge in [0.25, 0.3) is 0 Å². The molecule has 0 radical (unpaired) electrons. The number of fused-ring (bicyclic) bond motifs is 1. The first-order valence-corrected chi connectivity index (χ1v) is 8.95. The molecule has 21 heavy (non-hydrogen) atoms. The minimum atomic E-state index is -0.694. The molecule has 2 nitrogen and oxygen atoms in total. The molecule has 0 N–H and O–H groups in total. The molecule has 0 aromatic heterocycles. The third-order valence-corrected chi connectivity index (χ3v) is 7.18. The smallest absolute Gasteiger partial charge is 0.175 e. The van der Waals surface area contributed by atoms with E-state index in [2.05, 4.69) is 36.2 Å². The van der Waals surface area contributed by atoms with Gasteiger partial charge in [0, 0.05) is 12.2 Å². The second-order valence-corrected chi connectivity index (χ2v) is 7.64. The minimum Gasteiger partial charge on any atom is -0.318 e. The Kier molecular flexibility index (Phi) is 4.18. The zero-order chi connectivity index (χ0) is 14.9. The maximum absolute atomic E-state index is 6.58. The monoisotopic (exact) mass is 299 g/mol. The molecule has 2 aliphatic heterocycles. The molecule has 0 amide bonds. The molecular formula is C18H22NOP. The van der Waals surface area contributed by atoms with Gasteiger partial charge in [-0.15, -0.1) is 13.0 Å². The molecule has 2 saturated heterocycles. The Labute approximate surface area is 129 Å². The fourth-order valence-corrected chi connectivity index (χ4v) is 6.05. The van der Waals surface area contributed by atoms with E-state index in [0.29, 0.717) is 11.7 Å². The van der Waals surface area contributed by atoms with Crippen molar-refractivity contribution >= 4 is 8.30 Å². The van der Waals surface area contributed by atoms with E-state index in [1.165, 1.54) is 6.42 Å². The fraction of sp³-hybridized carbons (Fsp3) is 0.444. The first-order chi connectivity index (χ1) is 10.3. The second kappa shape index (κ2) is 5.93. The Hall–Kier alpha value is -1.13. The quantitative estimate of drug-likeness (QED) is 0.467. The summed E-state index contributed by atoms with van der Waals surface area (Å²) in [6.45, 7) is 7.28. The van der Waals surface area contributed by atoms with Gasteiger partial charge in [0.1, 0.15) is 8.30 Å². The second-order valence-electron chi connectivity index (χ2n) is 5.67. The zero-order valence-electron chi connectivity index (χ0n) is 12.5. The van der Waals surface area contributed by atoms with Crippen LogP contribution in [0.25, 0.3) is 0 Å². The van der Waals surface area contributed by atoms with Crippen LogP contribution in [0.2, 0.25) is 0 Å². The van der Waals surface area contributed by atoms with Crippen LogP contribution in [-0.2, 0) is 10.1 Å². The van der Waals surface area contributed by atoms with Gasteiger partial charge in [0.05, 0.1) is 6.04 Å². The van der Waals surface area contributed by atoms with Crippen molar-refractivity contribution in [3.63, 3.8) is 0 Å². The Morgan fingerprint density at radius 3 is 2.95 bits per heavy atom. The lowest BCUT2D eigenvalue weighted by Crippen LogP contribution is -2.38. The summed E-state index contributed by atoms with van der Waals surface area (Å²) in [7, 11) is -0.694. The zero-order valence-corrected chi connectivity index (χ0v) is 13.4. The van der Waals surface area contributed by atoms with Gasteiger partial charge < -0.3 is 4.52 Å². The van der Waals surface area contributed by atoms with Crippen LogP contribution in [0.4, 0.5) is 0 Å². The Bertz CT molecular complexity index is 552. The summed E-state index contributed by atoms with van der Waals surface area (Å²) < 4.78 is 9.10. The summed E-state index contributed by atoms with van der Waals surface area (Å²) in [6.07, 6.45) is 11.4. The van der Waals surface area contributed by atoms with Crippen molar-refractivity contribution in [2.75, 3.05) is 6.54 Å². The summed E-state index contributed by atoms with van der Waals surface area (Å²) >= 11 is 0. The third kappa shape index (κ3) is 2.25. The van der Waals surface area contributed by atoms with Crippen molar-refractivity contribution in [2.24, 2.45) is 0 Å². The van der Waals surface area contributed by atoms with Crippen LogP contribution < -0.4 is 0 Å². The van der Waals surface area contributed by atoms with Gasteiger partial charge in [-0.2, -0.15) is 0 Å². The maximum atomic E-state index is 6.58. The average molecular weight is 299 g/mol. The highest BCUT2D eigenvalue weighted by molar-refractivity contribution is 7.51. The molecule has 0 saturated carbocycles. The van der Waals surface area contributed by atoms with Crippen LogP contribution in [0.15, 0.2) is 43.0 Å². The third-order valence-electron chi connectivity index (χ3n) is 4.58. The van der Waals surface area contributed by atoms with Crippen molar-refractivity contribution in [3.8, 4) is 12.3 Å². The molecule has 1 unspecified atom stereocenters. The van der Waals surface area contributed by atoms with Crippen molar-refractivity contribution in [2.45, 2.75) is 43.5 Å². The van der Waals surface area contributed by atoms with Crippen LogP contribution in [-0.4, -0.2) is 22.9 Å². The summed E-state index contributed by atoms with van der Waals surface area (Å²) in [5, 5.41) is 0. The molecule has 3 heteroatoms. The summed E-state index contributed by atoms with van der Waals surface area (Å²) in [6, 6.07) is 10.6. The van der Waals surface area contributed by atoms with Gasteiger partial charge in [0.2, 0.25) is 0 Å². The summed E-state index contributed by atoms with van der Waals surface area (Å²) in [5.74, 6) is 3.02. The van der Waals surface area contributed by atoms with Gasteiger partial charge in [0.15, 0.2) is 5.60 Å². The van der Waals surface area contributed by atoms with Gasteiger partial charge in [-0.05, 0) is 24.8 Å². The molecule has 2 fully saturated rings. The normalized spacial score (nSPS) is 33.3. The molecule has 2 heterocycles. The van der Waals surface area contributed by atoms with Gasteiger partial charge in [-0.3, -0.25) is 4.67 Å². The molecule has 2 aliphatic rings. The molecule has 110 valence electrons. The van der Waals surface area contributed by atoms with Gasteiger partial charge in [-0.1, -0.05) is 49.3 Å². The molecule has 1 aromatic carbocycles. The topological polar surface area (TPSA) is 12.5 Å². The largest absolute Gasteiger partial charge is 0.318 e. The molecule has 0 spiro atoms. The van der Waals surface area contributed by atoms with Crippen molar-refractivity contribution in [3.05, 3.63) is 48.6 Å². The van der Waals surface area contributed by atoms with E-state index in [1.54, 1.807) is 0 Å². The van der Waals surface area contributed by atoms with Crippen LogP contribution in [0, 0.1) is 12.3 Å². The molecule has 4 atom stereocenters. The van der Waals surface area contributed by atoms with E-state index < -0.39 is 13.9 Å². The molecule has 1 aromatic rings. The van der Waals surface area contributed by atoms with Crippen molar-refractivity contribution in [1.29, 1.82) is 0 Å².